The largest absolute Gasteiger partial charge is 0.478 e. The molecule has 7 nitrogen and oxygen atoms in total. The number of esters is 1. The molecule has 8 heteroatoms. The summed E-state index contributed by atoms with van der Waals surface area (Å²) in [5, 5.41) is 22.2. The van der Waals surface area contributed by atoms with Gasteiger partial charge < -0.3 is 19.4 Å². The Morgan fingerprint density at radius 3 is 2.65 bits per heavy atom. The second-order valence-corrected chi connectivity index (χ2v) is 11.4. The Balaban J connectivity index is 1.60. The van der Waals surface area contributed by atoms with Gasteiger partial charge in [-0.2, -0.15) is 0 Å². The zero-order valence-corrected chi connectivity index (χ0v) is 20.2. The maximum absolute atomic E-state index is 12.9. The highest BCUT2D eigenvalue weighted by molar-refractivity contribution is 6.26. The molecular formula is C26H29ClO7. The van der Waals surface area contributed by atoms with Crippen LogP contribution in [0.25, 0.3) is 0 Å². The van der Waals surface area contributed by atoms with Crippen LogP contribution in [0.4, 0.5) is 0 Å². The molecule has 0 amide bonds. The molecule has 1 heterocycles. The van der Waals surface area contributed by atoms with Gasteiger partial charge in [0.2, 0.25) is 11.4 Å². The number of aliphatic carboxylic acids is 1. The molecule has 0 bridgehead atoms. The third-order valence-corrected chi connectivity index (χ3v) is 10.4. The minimum atomic E-state index is -1.85. The number of fused-ring (bicyclic) bond motifs is 5. The predicted octanol–water partition coefficient (Wildman–Crippen LogP) is 4.15. The molecule has 0 radical (unpaired) electrons. The van der Waals surface area contributed by atoms with Gasteiger partial charge in [0.1, 0.15) is 0 Å². The number of hydrogen-bond donors (Lipinski definition) is 2. The van der Waals surface area contributed by atoms with Crippen molar-refractivity contribution >= 4 is 29.3 Å². The van der Waals surface area contributed by atoms with E-state index < -0.39 is 45.3 Å². The number of aliphatic hydroxyl groups excluding tert-OH is 1. The maximum Gasteiger partial charge on any atom is 0.375 e. The number of carbonyl (C=O) groups excluding carboxylic acids is 2. The van der Waals surface area contributed by atoms with Crippen LogP contribution in [0.2, 0.25) is 0 Å². The van der Waals surface area contributed by atoms with Gasteiger partial charge in [-0.25, -0.2) is 9.59 Å². The zero-order chi connectivity index (χ0) is 24.7. The minimum Gasteiger partial charge on any atom is -0.478 e. The first-order chi connectivity index (χ1) is 15.9. The number of allylic oxidation sites excluding steroid dienone is 4. The molecule has 0 spiro atoms. The Bertz CT molecular complexity index is 1120. The van der Waals surface area contributed by atoms with Gasteiger partial charge in [-0.3, -0.25) is 4.79 Å². The van der Waals surface area contributed by atoms with Crippen LogP contribution in [0.3, 0.4) is 0 Å². The summed E-state index contributed by atoms with van der Waals surface area (Å²) in [6.45, 7) is 5.54. The maximum atomic E-state index is 12.9. The molecular weight excluding hydrogens is 460 g/mol. The van der Waals surface area contributed by atoms with Crippen molar-refractivity contribution in [2.24, 2.45) is 28.6 Å². The van der Waals surface area contributed by atoms with E-state index in [4.69, 9.17) is 20.8 Å². The summed E-state index contributed by atoms with van der Waals surface area (Å²) in [5.41, 5.74) is -2.76. The van der Waals surface area contributed by atoms with Crippen molar-refractivity contribution in [3.63, 3.8) is 0 Å². The van der Waals surface area contributed by atoms with Crippen molar-refractivity contribution in [3.05, 3.63) is 48.0 Å². The molecule has 0 aliphatic heterocycles. The average Bonchev–Trinajstić information content (AvgIpc) is 3.37. The lowest BCUT2D eigenvalue weighted by molar-refractivity contribution is -0.195. The Kier molecular flexibility index (Phi) is 5.02. The Morgan fingerprint density at radius 1 is 1.26 bits per heavy atom. The second kappa shape index (κ2) is 7.31. The van der Waals surface area contributed by atoms with Gasteiger partial charge in [-0.15, -0.1) is 11.6 Å². The van der Waals surface area contributed by atoms with Gasteiger partial charge in [0.15, 0.2) is 5.78 Å². The molecule has 0 saturated heterocycles. The van der Waals surface area contributed by atoms with E-state index >= 15 is 0 Å². The molecule has 8 atom stereocenters. The van der Waals surface area contributed by atoms with Gasteiger partial charge in [0, 0.05) is 16.7 Å². The van der Waals surface area contributed by atoms with Gasteiger partial charge >= 0.3 is 11.9 Å². The van der Waals surface area contributed by atoms with E-state index in [1.165, 1.54) is 24.5 Å². The van der Waals surface area contributed by atoms with E-state index in [2.05, 4.69) is 0 Å². The Morgan fingerprint density at radius 2 is 2.00 bits per heavy atom. The molecule has 1 aromatic rings. The van der Waals surface area contributed by atoms with Gasteiger partial charge in [-0.05, 0) is 61.8 Å². The van der Waals surface area contributed by atoms with Gasteiger partial charge in [0.25, 0.3) is 0 Å². The molecule has 3 fully saturated rings. The third kappa shape index (κ3) is 2.65. The van der Waals surface area contributed by atoms with E-state index in [1.54, 1.807) is 26.0 Å². The Hall–Kier alpha value is -2.38. The van der Waals surface area contributed by atoms with Crippen molar-refractivity contribution in [3.8, 4) is 0 Å². The fourth-order valence-corrected chi connectivity index (χ4v) is 8.36. The number of ether oxygens (including phenoxy) is 1. The quantitative estimate of drug-likeness (QED) is 0.485. The van der Waals surface area contributed by atoms with Crippen LogP contribution in [0, 0.1) is 28.6 Å². The van der Waals surface area contributed by atoms with Crippen molar-refractivity contribution in [2.45, 2.75) is 63.0 Å². The lowest BCUT2D eigenvalue weighted by atomic mass is 9.46. The molecule has 4 unspecified atom stereocenters. The van der Waals surface area contributed by atoms with Crippen LogP contribution in [0.15, 0.2) is 46.6 Å². The smallest absolute Gasteiger partial charge is 0.375 e. The van der Waals surface area contributed by atoms with Crippen LogP contribution in [0.5, 0.6) is 0 Å². The zero-order valence-electron chi connectivity index (χ0n) is 19.4. The summed E-state index contributed by atoms with van der Waals surface area (Å²) in [6.07, 6.45) is 6.93. The van der Waals surface area contributed by atoms with Crippen molar-refractivity contribution in [1.29, 1.82) is 0 Å². The van der Waals surface area contributed by atoms with Crippen LogP contribution < -0.4 is 0 Å². The Labute approximate surface area is 202 Å². The van der Waals surface area contributed by atoms with Gasteiger partial charge in [0.05, 0.1) is 17.2 Å². The van der Waals surface area contributed by atoms with Crippen LogP contribution >= 0.6 is 11.6 Å². The third-order valence-electron chi connectivity index (χ3n) is 9.47. The van der Waals surface area contributed by atoms with E-state index in [9.17, 15) is 24.6 Å². The number of ketones is 1. The van der Waals surface area contributed by atoms with Gasteiger partial charge in [-0.1, -0.05) is 32.4 Å². The van der Waals surface area contributed by atoms with Crippen LogP contribution in [-0.2, 0) is 14.3 Å². The highest BCUT2D eigenvalue weighted by atomic mass is 35.5. The number of alkyl halides is 1. The SMILES string of the molecule is C[C@@H]1CC2C3CCC4=CC(=O)C=CC4(C)[C@@]3(Cl)[C@@H](O)CC2(C)[C@@]1(OC(=O)c1ccco1)C(=O)O. The summed E-state index contributed by atoms with van der Waals surface area (Å²) in [7, 11) is 0. The predicted molar refractivity (Wildman–Crippen MR) is 122 cm³/mol. The number of hydrogen-bond acceptors (Lipinski definition) is 6. The molecule has 2 N–H and O–H groups in total. The topological polar surface area (TPSA) is 114 Å². The number of rotatable bonds is 3. The van der Waals surface area contributed by atoms with Crippen LogP contribution in [0.1, 0.15) is 57.0 Å². The highest BCUT2D eigenvalue weighted by Crippen LogP contribution is 2.72. The number of aliphatic hydroxyl groups is 1. The first kappa shape index (κ1) is 23.4. The molecule has 3 saturated carbocycles. The lowest BCUT2D eigenvalue weighted by Crippen LogP contribution is -2.69. The molecule has 4 aliphatic carbocycles. The van der Waals surface area contributed by atoms with E-state index in [-0.39, 0.29) is 29.8 Å². The monoisotopic (exact) mass is 488 g/mol. The van der Waals surface area contributed by atoms with Crippen LogP contribution in [-0.4, -0.2) is 44.5 Å². The van der Waals surface area contributed by atoms with E-state index in [0.29, 0.717) is 19.3 Å². The summed E-state index contributed by atoms with van der Waals surface area (Å²) >= 11 is 7.40. The number of carboxylic acids is 1. The summed E-state index contributed by atoms with van der Waals surface area (Å²) < 4.78 is 11.0. The van der Waals surface area contributed by atoms with Crippen molar-refractivity contribution in [2.75, 3.05) is 0 Å². The van der Waals surface area contributed by atoms with Crippen molar-refractivity contribution < 1.29 is 33.8 Å². The fraction of sp³-hybridized carbons (Fsp3) is 0.577. The fourth-order valence-electron chi connectivity index (χ4n) is 7.84. The molecule has 34 heavy (non-hydrogen) atoms. The lowest BCUT2D eigenvalue weighted by Gasteiger charge is -2.63. The summed E-state index contributed by atoms with van der Waals surface area (Å²) in [4.78, 5) is 36.7. The standard InChI is InChI=1S/C26H29ClO7/c1-14-11-18-17-7-6-15-12-16(28)8-9-23(15,2)25(17,27)20(29)13-24(18,3)26(14,22(31)32)34-21(30)19-5-4-10-33-19/h4-5,8-10,12,14,17-18,20,29H,6-7,11,13H2,1-3H3,(H,31,32)/t14-,17?,18?,20+,23?,24?,25+,26+/m1/s1. The van der Waals surface area contributed by atoms with E-state index in [1.807, 2.05) is 6.92 Å². The highest BCUT2D eigenvalue weighted by Gasteiger charge is 2.77. The normalized spacial score (nSPS) is 45.1. The number of carboxylic acid groups (broad SMARTS) is 1. The average molecular weight is 489 g/mol. The first-order valence-electron chi connectivity index (χ1n) is 11.7. The molecule has 5 rings (SSSR count). The summed E-state index contributed by atoms with van der Waals surface area (Å²) in [6, 6.07) is 2.97. The second-order valence-electron chi connectivity index (χ2n) is 10.8. The number of furan rings is 1. The number of carbonyl (C=O) groups is 3. The molecule has 0 aromatic carbocycles. The summed E-state index contributed by atoms with van der Waals surface area (Å²) in [5.74, 6) is -3.20. The molecule has 1 aromatic heterocycles. The minimum absolute atomic E-state index is 0.0460. The molecule has 4 aliphatic rings. The van der Waals surface area contributed by atoms with E-state index in [0.717, 1.165) is 5.57 Å². The molecule has 182 valence electrons. The van der Waals surface area contributed by atoms with Crippen molar-refractivity contribution in [1.82, 2.24) is 0 Å². The first-order valence-corrected chi connectivity index (χ1v) is 12.1. The number of halogens is 1.